The van der Waals surface area contributed by atoms with E-state index in [0.29, 0.717) is 45.2 Å². The molecule has 0 saturated carbocycles. The van der Waals surface area contributed by atoms with Crippen LogP contribution < -0.4 is 0 Å². The van der Waals surface area contributed by atoms with Crippen LogP contribution in [0.4, 0.5) is 0 Å². The lowest BCUT2D eigenvalue weighted by Crippen LogP contribution is -2.39. The van der Waals surface area contributed by atoms with E-state index >= 15 is 0 Å². The minimum absolute atomic E-state index is 0.0758. The van der Waals surface area contributed by atoms with Gasteiger partial charge in [-0.1, -0.05) is 71.1 Å². The highest BCUT2D eigenvalue weighted by Crippen LogP contribution is 2.29. The first-order valence-electron chi connectivity index (χ1n) is 13.7. The second-order valence-electron chi connectivity index (χ2n) is 10.1. The molecule has 2 aromatic carbocycles. The third kappa shape index (κ3) is 7.04. The van der Waals surface area contributed by atoms with Crippen molar-refractivity contribution in [3.63, 3.8) is 0 Å². The van der Waals surface area contributed by atoms with Gasteiger partial charge in [-0.15, -0.1) is 10.2 Å². The highest BCUT2D eigenvalue weighted by Gasteiger charge is 2.47. The van der Waals surface area contributed by atoms with E-state index in [9.17, 15) is 0 Å². The van der Waals surface area contributed by atoms with E-state index in [4.69, 9.17) is 28.4 Å². The lowest BCUT2D eigenvalue weighted by atomic mass is 10.1. The molecule has 1 unspecified atom stereocenters. The van der Waals surface area contributed by atoms with Gasteiger partial charge < -0.3 is 28.4 Å². The Labute approximate surface area is 238 Å². The second kappa shape index (κ2) is 13.4. The summed E-state index contributed by atoms with van der Waals surface area (Å²) in [7, 11) is 1.60. The molecule has 0 spiro atoms. The molecule has 0 aliphatic carbocycles. The number of fused-ring (bicyclic) bond motifs is 1. The summed E-state index contributed by atoms with van der Waals surface area (Å²) in [5.41, 5.74) is 3.80. The summed E-state index contributed by atoms with van der Waals surface area (Å²) in [6.45, 7) is 3.07. The number of methoxy groups -OCH3 is 1. The number of hydrogen-bond acceptors (Lipinski definition) is 10. The van der Waals surface area contributed by atoms with Crippen molar-refractivity contribution in [3.05, 3.63) is 95.6 Å². The summed E-state index contributed by atoms with van der Waals surface area (Å²) in [6, 6.07) is 20.0. The molecular weight excluding hydrogens is 528 g/mol. The van der Waals surface area contributed by atoms with Crippen molar-refractivity contribution < 1.29 is 28.4 Å². The molecule has 1 saturated heterocycles. The smallest absolute Gasteiger partial charge is 0.186 e. The molecule has 1 fully saturated rings. The van der Waals surface area contributed by atoms with E-state index in [1.54, 1.807) is 18.0 Å². The Bertz CT molecular complexity index is 1350. The molecule has 0 N–H and O–H groups in total. The first-order valence-corrected chi connectivity index (χ1v) is 13.7. The summed E-state index contributed by atoms with van der Waals surface area (Å²) in [5.74, 6) is 0. The second-order valence-corrected chi connectivity index (χ2v) is 10.1. The van der Waals surface area contributed by atoms with Crippen LogP contribution in [0, 0.1) is 0 Å². The zero-order valence-corrected chi connectivity index (χ0v) is 22.9. The molecule has 12 heteroatoms. The average molecular weight is 563 g/mol. The fourth-order valence-corrected chi connectivity index (χ4v) is 5.01. The highest BCUT2D eigenvalue weighted by atomic mass is 16.7. The number of rotatable bonds is 13. The van der Waals surface area contributed by atoms with Gasteiger partial charge in [0.1, 0.15) is 24.0 Å². The summed E-state index contributed by atoms with van der Waals surface area (Å²) in [5, 5.41) is 16.6. The standard InChI is InChI=1S/C29H34N6O6/c1-36-29-28(40-18-23-13-34(33-31-23)14-25-15-35-24(19-38-25)12-30-32-35)27(39-17-22-10-6-3-7-11-22)26(41-29)20-37-16-21-8-4-2-5-9-21/h2-13,25-29H,14-20H2,1H3/t25?,26-,27+,28-,29+/m1/s1. The van der Waals surface area contributed by atoms with E-state index in [-0.39, 0.29) is 18.8 Å². The minimum atomic E-state index is -0.622. The zero-order valence-electron chi connectivity index (χ0n) is 22.9. The van der Waals surface area contributed by atoms with Gasteiger partial charge >= 0.3 is 0 Å². The van der Waals surface area contributed by atoms with Crippen LogP contribution in [-0.2, 0) is 67.9 Å². The van der Waals surface area contributed by atoms with Gasteiger partial charge in [0.15, 0.2) is 6.29 Å². The summed E-state index contributed by atoms with van der Waals surface area (Å²) in [4.78, 5) is 0. The zero-order chi connectivity index (χ0) is 27.9. The van der Waals surface area contributed by atoms with Gasteiger partial charge in [-0.2, -0.15) is 0 Å². The fraction of sp³-hybridized carbons (Fsp3) is 0.448. The van der Waals surface area contributed by atoms with Gasteiger partial charge in [-0.3, -0.25) is 0 Å². The third-order valence-corrected chi connectivity index (χ3v) is 7.12. The molecule has 216 valence electrons. The largest absolute Gasteiger partial charge is 0.374 e. The van der Waals surface area contributed by atoms with Crippen molar-refractivity contribution in [3.8, 4) is 0 Å². The normalized spacial score (nSPS) is 24.0. The van der Waals surface area contributed by atoms with Crippen molar-refractivity contribution in [1.82, 2.24) is 30.0 Å². The Morgan fingerprint density at radius 1 is 0.902 bits per heavy atom. The maximum atomic E-state index is 6.38. The molecule has 0 radical (unpaired) electrons. The first-order chi connectivity index (χ1) is 20.2. The lowest BCUT2D eigenvalue weighted by Gasteiger charge is -2.24. The van der Waals surface area contributed by atoms with E-state index < -0.39 is 18.5 Å². The predicted molar refractivity (Wildman–Crippen MR) is 144 cm³/mol. The van der Waals surface area contributed by atoms with Crippen LogP contribution in [0.5, 0.6) is 0 Å². The third-order valence-electron chi connectivity index (χ3n) is 7.12. The quantitative estimate of drug-likeness (QED) is 0.241. The number of hydrogen-bond donors (Lipinski definition) is 0. The van der Waals surface area contributed by atoms with Crippen molar-refractivity contribution in [2.24, 2.45) is 0 Å². The van der Waals surface area contributed by atoms with E-state index in [1.807, 2.05) is 71.5 Å². The van der Waals surface area contributed by atoms with Crippen molar-refractivity contribution in [2.45, 2.75) is 70.2 Å². The monoisotopic (exact) mass is 562 g/mol. The van der Waals surface area contributed by atoms with Gasteiger partial charge in [0, 0.05) is 7.11 Å². The summed E-state index contributed by atoms with van der Waals surface area (Å²) < 4.78 is 40.1. The van der Waals surface area contributed by atoms with E-state index in [1.165, 1.54) is 0 Å². The van der Waals surface area contributed by atoms with Crippen molar-refractivity contribution >= 4 is 0 Å². The van der Waals surface area contributed by atoms with Crippen LogP contribution in [0.25, 0.3) is 0 Å². The number of benzene rings is 2. The molecule has 6 rings (SSSR count). The molecule has 12 nitrogen and oxygen atoms in total. The summed E-state index contributed by atoms with van der Waals surface area (Å²) >= 11 is 0. The van der Waals surface area contributed by atoms with Crippen molar-refractivity contribution in [1.29, 1.82) is 0 Å². The van der Waals surface area contributed by atoms with Crippen LogP contribution >= 0.6 is 0 Å². The predicted octanol–water partition coefficient (Wildman–Crippen LogP) is 2.53. The van der Waals surface area contributed by atoms with Crippen molar-refractivity contribution in [2.75, 3.05) is 13.7 Å². The molecule has 41 heavy (non-hydrogen) atoms. The highest BCUT2D eigenvalue weighted by molar-refractivity contribution is 5.14. The maximum Gasteiger partial charge on any atom is 0.186 e. The van der Waals surface area contributed by atoms with Gasteiger partial charge in [0.25, 0.3) is 0 Å². The van der Waals surface area contributed by atoms with Crippen LogP contribution in [0.15, 0.2) is 73.1 Å². The van der Waals surface area contributed by atoms with Crippen LogP contribution in [0.1, 0.15) is 22.5 Å². The van der Waals surface area contributed by atoms with Crippen LogP contribution in [0.2, 0.25) is 0 Å². The molecule has 2 aliphatic rings. The molecule has 2 aromatic heterocycles. The molecule has 4 aromatic rings. The molecular formula is C29H34N6O6. The van der Waals surface area contributed by atoms with E-state index in [0.717, 1.165) is 16.8 Å². The SMILES string of the molecule is CO[C@H]1O[C@H](COCc2ccccc2)[C@H](OCc2ccccc2)[C@H]1OCc1cn(CC2Cn3nncc3CO2)nn1. The number of nitrogens with zero attached hydrogens (tertiary/aromatic N) is 6. The maximum absolute atomic E-state index is 6.38. The average Bonchev–Trinajstić information content (AvgIpc) is 3.74. The Hall–Kier alpha value is -3.52. The van der Waals surface area contributed by atoms with Gasteiger partial charge in [0.05, 0.1) is 70.3 Å². The molecule has 2 aliphatic heterocycles. The Balaban J connectivity index is 1.08. The van der Waals surface area contributed by atoms with Crippen LogP contribution in [-0.4, -0.2) is 74.4 Å². The Morgan fingerprint density at radius 2 is 1.66 bits per heavy atom. The van der Waals surface area contributed by atoms with Crippen LogP contribution in [0.3, 0.4) is 0 Å². The number of aromatic nitrogens is 6. The molecule has 0 amide bonds. The Morgan fingerprint density at radius 3 is 2.44 bits per heavy atom. The lowest BCUT2D eigenvalue weighted by molar-refractivity contribution is -0.171. The molecule has 0 bridgehead atoms. The topological polar surface area (TPSA) is 117 Å². The summed E-state index contributed by atoms with van der Waals surface area (Å²) in [6.07, 6.45) is 1.59. The van der Waals surface area contributed by atoms with Gasteiger partial charge in [0.2, 0.25) is 0 Å². The molecule has 4 heterocycles. The molecule has 5 atom stereocenters. The first kappa shape index (κ1) is 27.6. The Kier molecular flexibility index (Phi) is 9.05. The number of ether oxygens (including phenoxy) is 6. The van der Waals surface area contributed by atoms with Gasteiger partial charge in [-0.05, 0) is 11.1 Å². The van der Waals surface area contributed by atoms with E-state index in [2.05, 4.69) is 20.6 Å². The minimum Gasteiger partial charge on any atom is -0.374 e. The van der Waals surface area contributed by atoms with Gasteiger partial charge in [-0.25, -0.2) is 9.36 Å². The fourth-order valence-electron chi connectivity index (χ4n) is 5.01.